The smallest absolute Gasteiger partial charge is 0.162 e. The summed E-state index contributed by atoms with van der Waals surface area (Å²) < 4.78 is 11.4. The van der Waals surface area contributed by atoms with E-state index in [1.165, 1.54) is 7.11 Å². The molecule has 182 valence electrons. The fraction of sp³-hybridized carbons (Fsp3) is 0.500. The minimum Gasteiger partial charge on any atom is -0.546 e. The molecule has 0 radical (unpaired) electrons. The molecule has 1 aromatic rings. The van der Waals surface area contributed by atoms with Crippen LogP contribution in [0.25, 0.3) is 0 Å². The minimum atomic E-state index is -1.35. The number of ether oxygens (including phenoxy) is 2. The number of ketones is 2. The van der Waals surface area contributed by atoms with Gasteiger partial charge >= 0.3 is 0 Å². The van der Waals surface area contributed by atoms with Crippen molar-refractivity contribution in [2.45, 2.75) is 59.3 Å². The van der Waals surface area contributed by atoms with E-state index in [9.17, 15) is 19.5 Å². The number of halogens is 1. The van der Waals surface area contributed by atoms with Crippen LogP contribution < -0.4 is 19.9 Å². The van der Waals surface area contributed by atoms with Crippen LogP contribution in [0, 0.1) is 10.8 Å². The molecule has 1 aromatic carbocycles. The van der Waals surface area contributed by atoms with Gasteiger partial charge in [0, 0.05) is 45.8 Å². The lowest BCUT2D eigenvalue weighted by Gasteiger charge is -2.44. The second-order valence-corrected chi connectivity index (χ2v) is 11.8. The van der Waals surface area contributed by atoms with Crippen molar-refractivity contribution in [3.05, 3.63) is 44.7 Å². The maximum atomic E-state index is 13.5. The molecular formula is C26H29BrNO6-. The summed E-state index contributed by atoms with van der Waals surface area (Å²) in [7, 11) is 1.46. The molecule has 0 atom stereocenters. The third kappa shape index (κ3) is 4.52. The molecule has 4 rings (SSSR count). The molecule has 0 saturated carbocycles. The van der Waals surface area contributed by atoms with Gasteiger partial charge in [-0.15, -0.1) is 0 Å². The van der Waals surface area contributed by atoms with Gasteiger partial charge in [-0.3, -0.25) is 9.59 Å². The fourth-order valence-corrected chi connectivity index (χ4v) is 5.93. The van der Waals surface area contributed by atoms with Crippen molar-refractivity contribution >= 4 is 33.5 Å². The Hall–Kier alpha value is -2.61. The minimum absolute atomic E-state index is 0.0241. The highest BCUT2D eigenvalue weighted by Crippen LogP contribution is 2.53. The SMILES string of the molecule is COc1cc(C2C3=C(CC(C)(C)CC3=O)NC3=C2C(=O)CC(C)(C)C3)c(Br)cc1OCC(=O)[O-]. The predicted molar refractivity (Wildman–Crippen MR) is 127 cm³/mol. The van der Waals surface area contributed by atoms with Crippen LogP contribution in [0.4, 0.5) is 0 Å². The van der Waals surface area contributed by atoms with Crippen LogP contribution in [0.5, 0.6) is 11.5 Å². The molecular weight excluding hydrogens is 502 g/mol. The number of rotatable bonds is 5. The second kappa shape index (κ2) is 8.56. The Morgan fingerprint density at radius 2 is 1.53 bits per heavy atom. The number of dihydropyridines is 1. The molecule has 0 amide bonds. The van der Waals surface area contributed by atoms with Gasteiger partial charge in [0.05, 0.1) is 13.1 Å². The maximum absolute atomic E-state index is 13.5. The predicted octanol–water partition coefficient (Wildman–Crippen LogP) is 3.56. The Morgan fingerprint density at radius 1 is 1.00 bits per heavy atom. The number of carboxylic acid groups (broad SMARTS) is 1. The number of carboxylic acids is 1. The molecule has 1 N–H and O–H groups in total. The molecule has 1 heterocycles. The Balaban J connectivity index is 1.90. The van der Waals surface area contributed by atoms with E-state index in [-0.39, 0.29) is 28.1 Å². The number of carbonyl (C=O) groups excluding carboxylic acids is 3. The molecule has 0 unspecified atom stereocenters. The van der Waals surface area contributed by atoms with E-state index in [4.69, 9.17) is 9.47 Å². The van der Waals surface area contributed by atoms with Crippen molar-refractivity contribution < 1.29 is 29.0 Å². The number of Topliss-reactive ketones (excluding diaryl/α,β-unsaturated/α-hetero) is 2. The molecule has 0 saturated heterocycles. The number of aliphatic carboxylic acids is 1. The lowest BCUT2D eigenvalue weighted by atomic mass is 9.64. The van der Waals surface area contributed by atoms with Gasteiger partial charge in [-0.1, -0.05) is 43.6 Å². The summed E-state index contributed by atoms with van der Waals surface area (Å²) in [5.74, 6) is -1.30. The van der Waals surface area contributed by atoms with Gasteiger partial charge in [0.2, 0.25) is 0 Å². The number of hydrogen-bond donors (Lipinski definition) is 1. The van der Waals surface area contributed by atoms with E-state index in [0.717, 1.165) is 11.4 Å². The van der Waals surface area contributed by atoms with Gasteiger partial charge < -0.3 is 24.7 Å². The van der Waals surface area contributed by atoms with Crippen LogP contribution >= 0.6 is 15.9 Å². The first-order valence-corrected chi connectivity index (χ1v) is 12.1. The van der Waals surface area contributed by atoms with Crippen LogP contribution in [0.3, 0.4) is 0 Å². The monoisotopic (exact) mass is 530 g/mol. The lowest BCUT2D eigenvalue weighted by Crippen LogP contribution is -2.42. The average molecular weight is 531 g/mol. The van der Waals surface area contributed by atoms with Crippen molar-refractivity contribution in [1.82, 2.24) is 5.32 Å². The topological polar surface area (TPSA) is 105 Å². The molecule has 0 aromatic heterocycles. The summed E-state index contributed by atoms with van der Waals surface area (Å²) >= 11 is 3.58. The fourth-order valence-electron chi connectivity index (χ4n) is 5.38. The van der Waals surface area contributed by atoms with E-state index in [1.807, 2.05) is 0 Å². The highest BCUT2D eigenvalue weighted by molar-refractivity contribution is 9.10. The summed E-state index contributed by atoms with van der Waals surface area (Å²) in [6.07, 6.45) is 2.21. The Kier molecular flexibility index (Phi) is 6.17. The number of carbonyl (C=O) groups is 3. The van der Waals surface area contributed by atoms with E-state index in [0.29, 0.717) is 52.6 Å². The molecule has 3 aliphatic rings. The Morgan fingerprint density at radius 3 is 2.00 bits per heavy atom. The third-order valence-corrected chi connectivity index (χ3v) is 7.35. The van der Waals surface area contributed by atoms with Crippen LogP contribution in [0.1, 0.15) is 64.9 Å². The third-order valence-electron chi connectivity index (χ3n) is 6.66. The van der Waals surface area contributed by atoms with Gasteiger partial charge in [0.1, 0.15) is 6.61 Å². The van der Waals surface area contributed by atoms with E-state index < -0.39 is 18.5 Å². The largest absolute Gasteiger partial charge is 0.546 e. The van der Waals surface area contributed by atoms with E-state index in [1.54, 1.807) is 12.1 Å². The number of allylic oxidation sites excluding steroid dienone is 4. The molecule has 0 bridgehead atoms. The number of methoxy groups -OCH3 is 1. The summed E-state index contributed by atoms with van der Waals surface area (Å²) in [5.41, 5.74) is 3.33. The molecule has 1 aliphatic heterocycles. The number of benzene rings is 1. The highest BCUT2D eigenvalue weighted by atomic mass is 79.9. The van der Waals surface area contributed by atoms with E-state index in [2.05, 4.69) is 48.9 Å². The highest BCUT2D eigenvalue weighted by Gasteiger charge is 2.47. The summed E-state index contributed by atoms with van der Waals surface area (Å²) in [6.45, 7) is 7.68. The van der Waals surface area contributed by atoms with Crippen LogP contribution in [0.15, 0.2) is 39.1 Å². The first-order valence-electron chi connectivity index (χ1n) is 11.3. The molecule has 8 heteroatoms. The second-order valence-electron chi connectivity index (χ2n) is 10.9. The maximum Gasteiger partial charge on any atom is 0.162 e. The van der Waals surface area contributed by atoms with Crippen molar-refractivity contribution in [2.75, 3.05) is 13.7 Å². The number of nitrogens with one attached hydrogen (secondary N) is 1. The molecule has 34 heavy (non-hydrogen) atoms. The normalized spacial score (nSPS) is 21.6. The number of hydrogen-bond acceptors (Lipinski definition) is 7. The zero-order valence-electron chi connectivity index (χ0n) is 20.1. The Labute approximate surface area is 207 Å². The van der Waals surface area contributed by atoms with Crippen molar-refractivity contribution in [3.8, 4) is 11.5 Å². The van der Waals surface area contributed by atoms with Gasteiger partial charge in [0.25, 0.3) is 0 Å². The summed E-state index contributed by atoms with van der Waals surface area (Å²) in [6, 6.07) is 3.34. The molecule has 7 nitrogen and oxygen atoms in total. The quantitative estimate of drug-likeness (QED) is 0.620. The van der Waals surface area contributed by atoms with Crippen molar-refractivity contribution in [2.24, 2.45) is 10.8 Å². The standard InChI is InChI=1S/C26H30BrNO6/c1-25(2)8-15-23(17(29)10-25)22(24-16(28-15)9-26(3,4)11-18(24)30)13-6-19(33-5)20(7-14(13)27)34-12-21(31)32/h6-7,22,28H,8-12H2,1-5H3,(H,31,32)/p-1. The lowest BCUT2D eigenvalue weighted by molar-refractivity contribution is -0.307. The van der Waals surface area contributed by atoms with Crippen LogP contribution in [0.2, 0.25) is 0 Å². The Bertz CT molecular complexity index is 1110. The van der Waals surface area contributed by atoms with Gasteiger partial charge in [-0.25, -0.2) is 0 Å². The van der Waals surface area contributed by atoms with E-state index >= 15 is 0 Å². The molecule has 0 fully saturated rings. The van der Waals surface area contributed by atoms with Gasteiger partial charge in [0.15, 0.2) is 23.1 Å². The first kappa shape index (κ1) is 24.5. The summed E-state index contributed by atoms with van der Waals surface area (Å²) in [4.78, 5) is 37.8. The molecule has 2 aliphatic carbocycles. The van der Waals surface area contributed by atoms with Crippen LogP contribution in [-0.4, -0.2) is 31.3 Å². The van der Waals surface area contributed by atoms with Gasteiger partial charge in [-0.05, 0) is 41.4 Å². The zero-order valence-corrected chi connectivity index (χ0v) is 21.7. The van der Waals surface area contributed by atoms with Gasteiger partial charge in [-0.2, -0.15) is 0 Å². The van der Waals surface area contributed by atoms with Crippen molar-refractivity contribution in [1.29, 1.82) is 0 Å². The zero-order chi connectivity index (χ0) is 25.0. The average Bonchev–Trinajstić information content (AvgIpc) is 2.68. The summed E-state index contributed by atoms with van der Waals surface area (Å²) in [5, 5.41) is 14.4. The van der Waals surface area contributed by atoms with Crippen LogP contribution in [-0.2, 0) is 14.4 Å². The first-order chi connectivity index (χ1) is 15.8. The van der Waals surface area contributed by atoms with Crippen molar-refractivity contribution in [3.63, 3.8) is 0 Å². The molecule has 0 spiro atoms.